The first kappa shape index (κ1) is 21.4. The molecule has 156 valence electrons. The maximum atomic E-state index is 12.5. The summed E-state index contributed by atoms with van der Waals surface area (Å²) >= 11 is 5.94. The van der Waals surface area contributed by atoms with Gasteiger partial charge in [-0.05, 0) is 48.5 Å². The van der Waals surface area contributed by atoms with Crippen LogP contribution in [0.4, 0.5) is 17.1 Å². The molecule has 1 aromatic heterocycles. The predicted octanol–water partition coefficient (Wildman–Crippen LogP) is 3.59. The third-order valence-corrected chi connectivity index (χ3v) is 5.31. The van der Waals surface area contributed by atoms with Crippen molar-refractivity contribution in [2.24, 2.45) is 0 Å². The van der Waals surface area contributed by atoms with Gasteiger partial charge < -0.3 is 15.1 Å². The average Bonchev–Trinajstić information content (AvgIpc) is 3.20. The van der Waals surface area contributed by atoms with Gasteiger partial charge in [-0.2, -0.15) is 0 Å². The Bertz CT molecular complexity index is 1160. The predicted molar refractivity (Wildman–Crippen MR) is 115 cm³/mol. The molecule has 0 bridgehead atoms. The van der Waals surface area contributed by atoms with E-state index in [1.807, 2.05) is 0 Å². The summed E-state index contributed by atoms with van der Waals surface area (Å²) in [6.45, 7) is -0.442. The normalized spacial score (nSPS) is 11.0. The second-order valence-corrected chi connectivity index (χ2v) is 8.65. The number of furan rings is 1. The van der Waals surface area contributed by atoms with Gasteiger partial charge in [-0.25, -0.2) is 8.42 Å². The summed E-state index contributed by atoms with van der Waals surface area (Å²) in [5.41, 5.74) is 1.10. The van der Waals surface area contributed by atoms with Crippen LogP contribution in [0.2, 0.25) is 5.02 Å². The lowest BCUT2D eigenvalue weighted by Gasteiger charge is -2.22. The van der Waals surface area contributed by atoms with Gasteiger partial charge in [0, 0.05) is 16.4 Å². The molecule has 30 heavy (non-hydrogen) atoms. The lowest BCUT2D eigenvalue weighted by Crippen LogP contribution is -2.37. The Kier molecular flexibility index (Phi) is 6.43. The SMILES string of the molecule is CS(=O)(=O)N(CC(=O)Nc1cccc(NC(=O)c2ccco2)c1)c1cccc(Cl)c1. The van der Waals surface area contributed by atoms with Gasteiger partial charge >= 0.3 is 0 Å². The van der Waals surface area contributed by atoms with Crippen LogP contribution in [-0.4, -0.2) is 33.0 Å². The smallest absolute Gasteiger partial charge is 0.291 e. The van der Waals surface area contributed by atoms with Crippen molar-refractivity contribution in [2.45, 2.75) is 0 Å². The lowest BCUT2D eigenvalue weighted by atomic mass is 10.2. The quantitative estimate of drug-likeness (QED) is 0.575. The van der Waals surface area contributed by atoms with Crippen LogP contribution in [-0.2, 0) is 14.8 Å². The van der Waals surface area contributed by atoms with Gasteiger partial charge in [0.1, 0.15) is 6.54 Å². The van der Waals surface area contributed by atoms with Crippen molar-refractivity contribution in [3.8, 4) is 0 Å². The second-order valence-electron chi connectivity index (χ2n) is 6.31. The van der Waals surface area contributed by atoms with Crippen LogP contribution in [0.5, 0.6) is 0 Å². The third kappa shape index (κ3) is 5.62. The molecule has 0 atom stereocenters. The molecule has 2 N–H and O–H groups in total. The van der Waals surface area contributed by atoms with E-state index in [0.717, 1.165) is 10.6 Å². The minimum atomic E-state index is -3.72. The van der Waals surface area contributed by atoms with Crippen LogP contribution >= 0.6 is 11.6 Å². The van der Waals surface area contributed by atoms with E-state index in [1.54, 1.807) is 48.5 Å². The third-order valence-electron chi connectivity index (χ3n) is 3.93. The van der Waals surface area contributed by atoms with Gasteiger partial charge in [0.15, 0.2) is 5.76 Å². The fourth-order valence-electron chi connectivity index (χ4n) is 2.64. The Morgan fingerprint density at radius 3 is 2.33 bits per heavy atom. The first-order valence-corrected chi connectivity index (χ1v) is 10.9. The zero-order valence-electron chi connectivity index (χ0n) is 15.8. The number of carbonyl (C=O) groups excluding carboxylic acids is 2. The first-order chi connectivity index (χ1) is 14.2. The van der Waals surface area contributed by atoms with Gasteiger partial charge in [0.05, 0.1) is 18.2 Å². The highest BCUT2D eigenvalue weighted by Crippen LogP contribution is 2.22. The van der Waals surface area contributed by atoms with Crippen LogP contribution < -0.4 is 14.9 Å². The molecule has 3 aromatic rings. The summed E-state index contributed by atoms with van der Waals surface area (Å²) in [7, 11) is -3.72. The summed E-state index contributed by atoms with van der Waals surface area (Å²) in [5, 5.41) is 5.62. The number of hydrogen-bond donors (Lipinski definition) is 2. The van der Waals surface area contributed by atoms with Gasteiger partial charge in [-0.3, -0.25) is 13.9 Å². The van der Waals surface area contributed by atoms with Crippen LogP contribution in [0.3, 0.4) is 0 Å². The van der Waals surface area contributed by atoms with Crippen molar-refractivity contribution in [1.82, 2.24) is 0 Å². The highest BCUT2D eigenvalue weighted by atomic mass is 35.5. The van der Waals surface area contributed by atoms with Crippen molar-refractivity contribution in [2.75, 3.05) is 27.7 Å². The molecule has 8 nitrogen and oxygen atoms in total. The molecule has 1 heterocycles. The number of benzene rings is 2. The second kappa shape index (κ2) is 9.02. The summed E-state index contributed by atoms with van der Waals surface area (Å²) in [4.78, 5) is 24.6. The Morgan fingerprint density at radius 1 is 1.00 bits per heavy atom. The van der Waals surface area contributed by atoms with Gasteiger partial charge in [0.25, 0.3) is 5.91 Å². The molecule has 3 rings (SSSR count). The molecule has 0 unspecified atom stereocenters. The molecule has 0 spiro atoms. The molecule has 10 heteroatoms. The van der Waals surface area contributed by atoms with Crippen LogP contribution in [0.15, 0.2) is 71.3 Å². The summed E-state index contributed by atoms with van der Waals surface area (Å²) in [5.74, 6) is -0.850. The Morgan fingerprint density at radius 2 is 1.70 bits per heavy atom. The van der Waals surface area contributed by atoms with Crippen LogP contribution in [0, 0.1) is 0 Å². The van der Waals surface area contributed by atoms with Gasteiger partial charge in [-0.1, -0.05) is 23.7 Å². The van der Waals surface area contributed by atoms with E-state index in [4.69, 9.17) is 16.0 Å². The Labute approximate surface area is 178 Å². The number of halogens is 1. The van der Waals surface area contributed by atoms with E-state index >= 15 is 0 Å². The number of hydrogen-bond acceptors (Lipinski definition) is 5. The van der Waals surface area contributed by atoms with Crippen molar-refractivity contribution in [3.63, 3.8) is 0 Å². The molecular weight excluding hydrogens is 430 g/mol. The Balaban J connectivity index is 1.71. The van der Waals surface area contributed by atoms with Crippen molar-refractivity contribution < 1.29 is 22.4 Å². The van der Waals surface area contributed by atoms with E-state index in [-0.39, 0.29) is 11.4 Å². The molecular formula is C20H18ClN3O5S. The van der Waals surface area contributed by atoms with E-state index in [1.165, 1.54) is 18.4 Å². The standard InChI is InChI=1S/C20H18ClN3O5S/c1-30(27,28)24(17-8-2-5-14(21)11-17)13-19(25)22-15-6-3-7-16(12-15)23-20(26)18-9-4-10-29-18/h2-12H,13H2,1H3,(H,22,25)(H,23,26). The van der Waals surface area contributed by atoms with Crippen LogP contribution in [0.25, 0.3) is 0 Å². The molecule has 0 radical (unpaired) electrons. The number of carbonyl (C=O) groups is 2. The molecule has 0 aliphatic heterocycles. The minimum Gasteiger partial charge on any atom is -0.459 e. The monoisotopic (exact) mass is 447 g/mol. The average molecular weight is 448 g/mol. The highest BCUT2D eigenvalue weighted by Gasteiger charge is 2.21. The van der Waals surface area contributed by atoms with E-state index in [9.17, 15) is 18.0 Å². The topological polar surface area (TPSA) is 109 Å². The van der Waals surface area contributed by atoms with Crippen LogP contribution in [0.1, 0.15) is 10.6 Å². The van der Waals surface area contributed by atoms with E-state index < -0.39 is 28.4 Å². The minimum absolute atomic E-state index is 0.148. The van der Waals surface area contributed by atoms with Crippen molar-refractivity contribution in [3.05, 3.63) is 77.7 Å². The maximum absolute atomic E-state index is 12.5. The number of anilines is 3. The van der Waals surface area contributed by atoms with Gasteiger partial charge in [-0.15, -0.1) is 0 Å². The van der Waals surface area contributed by atoms with E-state index in [0.29, 0.717) is 16.4 Å². The largest absolute Gasteiger partial charge is 0.459 e. The zero-order valence-corrected chi connectivity index (χ0v) is 17.4. The lowest BCUT2D eigenvalue weighted by molar-refractivity contribution is -0.114. The molecule has 0 aliphatic carbocycles. The fourth-order valence-corrected chi connectivity index (χ4v) is 3.67. The highest BCUT2D eigenvalue weighted by molar-refractivity contribution is 7.92. The van der Waals surface area contributed by atoms with Gasteiger partial charge in [0.2, 0.25) is 15.9 Å². The summed E-state index contributed by atoms with van der Waals surface area (Å²) in [6, 6.07) is 15.8. The number of amides is 2. The maximum Gasteiger partial charge on any atom is 0.291 e. The molecule has 0 saturated heterocycles. The number of sulfonamides is 1. The summed E-state index contributed by atoms with van der Waals surface area (Å²) < 4.78 is 30.3. The number of rotatable bonds is 7. The molecule has 2 aromatic carbocycles. The number of nitrogens with one attached hydrogen (secondary N) is 2. The van der Waals surface area contributed by atoms with Crippen molar-refractivity contribution >= 4 is 50.5 Å². The Hall–Kier alpha value is -3.30. The molecule has 0 aliphatic rings. The fraction of sp³-hybridized carbons (Fsp3) is 0.100. The van der Waals surface area contributed by atoms with E-state index in [2.05, 4.69) is 10.6 Å². The zero-order chi connectivity index (χ0) is 21.7. The molecule has 2 amide bonds. The molecule has 0 saturated carbocycles. The molecule has 0 fully saturated rings. The number of nitrogens with zero attached hydrogens (tertiary/aromatic N) is 1. The first-order valence-electron chi connectivity index (χ1n) is 8.70. The van der Waals surface area contributed by atoms with Crippen molar-refractivity contribution in [1.29, 1.82) is 0 Å². The summed E-state index contributed by atoms with van der Waals surface area (Å²) in [6.07, 6.45) is 2.39.